The molecule has 2 N–H and O–H groups in total. The normalized spacial score (nSPS) is 10.9. The lowest BCUT2D eigenvalue weighted by molar-refractivity contribution is 0.0703. The predicted molar refractivity (Wildman–Crippen MR) is 78.0 cm³/mol. The van der Waals surface area contributed by atoms with Crippen LogP contribution in [0.15, 0.2) is 34.5 Å². The Kier molecular flexibility index (Phi) is 3.97. The van der Waals surface area contributed by atoms with Crippen LogP contribution in [0.25, 0.3) is 0 Å². The minimum atomic E-state index is -3.91. The van der Waals surface area contributed by atoms with E-state index in [1.165, 1.54) is 29.6 Å². The van der Waals surface area contributed by atoms with E-state index in [2.05, 4.69) is 4.72 Å². The first-order valence-electron chi connectivity index (χ1n) is 5.69. The molecule has 2 rings (SSSR count). The van der Waals surface area contributed by atoms with Gasteiger partial charge < -0.3 is 5.11 Å². The number of rotatable bonds is 4. The molecule has 0 saturated carbocycles. The van der Waals surface area contributed by atoms with Crippen LogP contribution in [0.4, 0.5) is 5.69 Å². The Labute approximate surface area is 125 Å². The standard InChI is InChI=1S/C13H10N2O4S2/c1-8-6-9(7-14)2-3-11(8)21(18,19)15-10-4-5-20-12(10)13(16)17/h2-6,15H,1H3,(H,16,17). The van der Waals surface area contributed by atoms with Gasteiger partial charge in [0.25, 0.3) is 10.0 Å². The van der Waals surface area contributed by atoms with E-state index in [1.807, 2.05) is 6.07 Å². The van der Waals surface area contributed by atoms with Crippen molar-refractivity contribution in [3.8, 4) is 6.07 Å². The molecule has 0 aliphatic carbocycles. The van der Waals surface area contributed by atoms with Gasteiger partial charge in [-0.1, -0.05) is 0 Å². The van der Waals surface area contributed by atoms with Crippen LogP contribution in [0.5, 0.6) is 0 Å². The number of aryl methyl sites for hydroxylation is 1. The highest BCUT2D eigenvalue weighted by atomic mass is 32.2. The maximum atomic E-state index is 12.3. The molecule has 0 bridgehead atoms. The zero-order chi connectivity index (χ0) is 15.6. The zero-order valence-electron chi connectivity index (χ0n) is 10.8. The van der Waals surface area contributed by atoms with Crippen molar-refractivity contribution in [1.29, 1.82) is 5.26 Å². The maximum absolute atomic E-state index is 12.3. The van der Waals surface area contributed by atoms with E-state index in [0.29, 0.717) is 11.1 Å². The summed E-state index contributed by atoms with van der Waals surface area (Å²) in [4.78, 5) is 10.9. The highest BCUT2D eigenvalue weighted by Gasteiger charge is 2.21. The van der Waals surface area contributed by atoms with Crippen molar-refractivity contribution in [3.05, 3.63) is 45.6 Å². The van der Waals surface area contributed by atoms with Crippen molar-refractivity contribution in [3.63, 3.8) is 0 Å². The fourth-order valence-corrected chi connectivity index (χ4v) is 3.83. The summed E-state index contributed by atoms with van der Waals surface area (Å²) in [5.41, 5.74) is 0.790. The van der Waals surface area contributed by atoms with Crippen LogP contribution in [0.1, 0.15) is 20.8 Å². The highest BCUT2D eigenvalue weighted by molar-refractivity contribution is 7.92. The van der Waals surface area contributed by atoms with E-state index in [-0.39, 0.29) is 15.5 Å². The number of hydrogen-bond donors (Lipinski definition) is 2. The number of carboxylic acid groups (broad SMARTS) is 1. The van der Waals surface area contributed by atoms with Crippen molar-refractivity contribution < 1.29 is 18.3 Å². The fraction of sp³-hybridized carbons (Fsp3) is 0.0769. The number of sulfonamides is 1. The van der Waals surface area contributed by atoms with Crippen LogP contribution in [0.2, 0.25) is 0 Å². The zero-order valence-corrected chi connectivity index (χ0v) is 12.5. The van der Waals surface area contributed by atoms with Crippen molar-refractivity contribution in [2.75, 3.05) is 4.72 Å². The van der Waals surface area contributed by atoms with E-state index >= 15 is 0 Å². The summed E-state index contributed by atoms with van der Waals surface area (Å²) in [6.07, 6.45) is 0. The molecule has 8 heteroatoms. The van der Waals surface area contributed by atoms with Gasteiger partial charge >= 0.3 is 5.97 Å². The van der Waals surface area contributed by atoms with Crippen LogP contribution in [-0.2, 0) is 10.0 Å². The van der Waals surface area contributed by atoms with Crippen molar-refractivity contribution >= 4 is 33.0 Å². The summed E-state index contributed by atoms with van der Waals surface area (Å²) in [7, 11) is -3.91. The van der Waals surface area contributed by atoms with Gasteiger partial charge in [0.15, 0.2) is 0 Å². The Hall–Kier alpha value is -2.37. The minimum absolute atomic E-state index is 0.00374. The van der Waals surface area contributed by atoms with Crippen molar-refractivity contribution in [2.45, 2.75) is 11.8 Å². The quantitative estimate of drug-likeness (QED) is 0.899. The molecule has 21 heavy (non-hydrogen) atoms. The molecule has 0 fully saturated rings. The average molecular weight is 322 g/mol. The van der Waals surface area contributed by atoms with Crippen LogP contribution >= 0.6 is 11.3 Å². The number of nitrogens with zero attached hydrogens (tertiary/aromatic N) is 1. The first-order chi connectivity index (χ1) is 9.85. The molecular weight excluding hydrogens is 312 g/mol. The molecule has 0 atom stereocenters. The number of hydrogen-bond acceptors (Lipinski definition) is 5. The lowest BCUT2D eigenvalue weighted by Gasteiger charge is -2.10. The molecule has 0 radical (unpaired) electrons. The topological polar surface area (TPSA) is 107 Å². The molecule has 1 aromatic heterocycles. The lowest BCUT2D eigenvalue weighted by atomic mass is 10.2. The van der Waals surface area contributed by atoms with Gasteiger partial charge in [-0.3, -0.25) is 4.72 Å². The smallest absolute Gasteiger partial charge is 0.348 e. The van der Waals surface area contributed by atoms with Gasteiger partial charge in [0, 0.05) is 0 Å². The number of carbonyl (C=O) groups is 1. The SMILES string of the molecule is Cc1cc(C#N)ccc1S(=O)(=O)Nc1ccsc1C(=O)O. The van der Waals surface area contributed by atoms with Crippen LogP contribution in [0, 0.1) is 18.3 Å². The van der Waals surface area contributed by atoms with Crippen LogP contribution < -0.4 is 4.72 Å². The van der Waals surface area contributed by atoms with Gasteiger partial charge in [-0.05, 0) is 42.1 Å². The number of carboxylic acids is 1. The average Bonchev–Trinajstić information content (AvgIpc) is 2.85. The molecule has 0 amide bonds. The number of nitriles is 1. The monoisotopic (exact) mass is 322 g/mol. The molecule has 108 valence electrons. The van der Waals surface area contributed by atoms with Gasteiger partial charge in [0.1, 0.15) is 4.88 Å². The van der Waals surface area contributed by atoms with E-state index in [0.717, 1.165) is 11.3 Å². The summed E-state index contributed by atoms with van der Waals surface area (Å²) < 4.78 is 26.9. The number of aromatic carboxylic acids is 1. The summed E-state index contributed by atoms with van der Waals surface area (Å²) >= 11 is 0.934. The third-order valence-corrected chi connectivity index (χ3v) is 5.13. The van der Waals surface area contributed by atoms with Crippen LogP contribution in [0.3, 0.4) is 0 Å². The number of nitrogens with one attached hydrogen (secondary N) is 1. The largest absolute Gasteiger partial charge is 0.477 e. The Morgan fingerprint density at radius 2 is 2.10 bits per heavy atom. The molecule has 0 unspecified atom stereocenters. The molecule has 6 nitrogen and oxygen atoms in total. The summed E-state index contributed by atoms with van der Waals surface area (Å²) in [5, 5.41) is 19.3. The summed E-state index contributed by atoms with van der Waals surface area (Å²) in [6.45, 7) is 1.57. The molecule has 1 heterocycles. The fourth-order valence-electron chi connectivity index (χ4n) is 1.78. The van der Waals surface area contributed by atoms with Gasteiger partial charge in [-0.25, -0.2) is 13.2 Å². The first-order valence-corrected chi connectivity index (χ1v) is 8.06. The molecule has 0 aliphatic heterocycles. The first kappa shape index (κ1) is 15.0. The van der Waals surface area contributed by atoms with E-state index in [1.54, 1.807) is 6.92 Å². The molecule has 0 aliphatic rings. The predicted octanol–water partition coefficient (Wildman–Crippen LogP) is 2.43. The lowest BCUT2D eigenvalue weighted by Crippen LogP contribution is -2.15. The molecule has 1 aromatic carbocycles. The van der Waals surface area contributed by atoms with Crippen LogP contribution in [-0.4, -0.2) is 19.5 Å². The molecular formula is C13H10N2O4S2. The second kappa shape index (κ2) is 5.55. The Balaban J connectivity index is 2.42. The highest BCUT2D eigenvalue weighted by Crippen LogP contribution is 2.26. The Bertz CT molecular complexity index is 847. The van der Waals surface area contributed by atoms with E-state index < -0.39 is 16.0 Å². The molecule has 0 saturated heterocycles. The number of thiophene rings is 1. The van der Waals surface area contributed by atoms with Gasteiger partial charge in [-0.15, -0.1) is 11.3 Å². The Morgan fingerprint density at radius 3 is 2.67 bits per heavy atom. The molecule has 0 spiro atoms. The third-order valence-electron chi connectivity index (χ3n) is 2.70. The minimum Gasteiger partial charge on any atom is -0.477 e. The second-order valence-corrected chi connectivity index (χ2v) is 6.73. The summed E-state index contributed by atoms with van der Waals surface area (Å²) in [5.74, 6) is -1.20. The van der Waals surface area contributed by atoms with Gasteiger partial charge in [0.05, 0.1) is 22.2 Å². The van der Waals surface area contributed by atoms with Gasteiger partial charge in [0.2, 0.25) is 0 Å². The van der Waals surface area contributed by atoms with Crippen molar-refractivity contribution in [1.82, 2.24) is 0 Å². The molecule has 2 aromatic rings. The number of anilines is 1. The van der Waals surface area contributed by atoms with Crippen molar-refractivity contribution in [2.24, 2.45) is 0 Å². The van der Waals surface area contributed by atoms with Gasteiger partial charge in [-0.2, -0.15) is 5.26 Å². The maximum Gasteiger partial charge on any atom is 0.348 e. The van der Waals surface area contributed by atoms with E-state index in [4.69, 9.17) is 10.4 Å². The Morgan fingerprint density at radius 1 is 1.38 bits per heavy atom. The number of benzene rings is 1. The summed E-state index contributed by atoms with van der Waals surface area (Å²) in [6, 6.07) is 7.50. The third kappa shape index (κ3) is 3.04. The van der Waals surface area contributed by atoms with E-state index in [9.17, 15) is 13.2 Å². The second-order valence-electron chi connectivity index (χ2n) is 4.17.